The van der Waals surface area contributed by atoms with Crippen molar-refractivity contribution in [3.05, 3.63) is 50.6 Å². The van der Waals surface area contributed by atoms with Crippen molar-refractivity contribution >= 4 is 17.6 Å². The molecule has 0 radical (unpaired) electrons. The molecule has 1 aromatic rings. The SMILES string of the molecule is NC(=O)C[C@@](C(=O)O)(N(c1ccccc1)[N+](=O)[O-])[N+](=O)[O-]. The number of primary amides is 1. The third kappa shape index (κ3) is 2.86. The lowest BCUT2D eigenvalue weighted by Crippen LogP contribution is -2.64. The van der Waals surface area contributed by atoms with Gasteiger partial charge >= 0.3 is 11.6 Å². The molecule has 11 nitrogen and oxygen atoms in total. The highest BCUT2D eigenvalue weighted by molar-refractivity contribution is 5.88. The smallest absolute Gasteiger partial charge is 0.452 e. The molecular weight excluding hydrogens is 288 g/mol. The molecule has 21 heavy (non-hydrogen) atoms. The first kappa shape index (κ1) is 15.8. The molecule has 11 heteroatoms. The monoisotopic (exact) mass is 298 g/mol. The maximum absolute atomic E-state index is 11.3. The van der Waals surface area contributed by atoms with Crippen LogP contribution in [0.15, 0.2) is 30.3 Å². The minimum atomic E-state index is -3.34. The van der Waals surface area contributed by atoms with Gasteiger partial charge < -0.3 is 10.8 Å². The number of hydrazine groups is 1. The van der Waals surface area contributed by atoms with Crippen LogP contribution in [0.5, 0.6) is 0 Å². The molecule has 0 aliphatic carbocycles. The van der Waals surface area contributed by atoms with Gasteiger partial charge in [0, 0.05) is 0 Å². The van der Waals surface area contributed by atoms with Crippen LogP contribution in [0.1, 0.15) is 6.42 Å². The maximum Gasteiger partial charge on any atom is 0.452 e. The van der Waals surface area contributed by atoms with E-state index in [1.165, 1.54) is 18.2 Å². The van der Waals surface area contributed by atoms with Crippen molar-refractivity contribution in [2.75, 3.05) is 5.01 Å². The number of amides is 1. The quantitative estimate of drug-likeness (QED) is 0.389. The van der Waals surface area contributed by atoms with Crippen LogP contribution in [-0.4, -0.2) is 32.6 Å². The lowest BCUT2D eigenvalue weighted by atomic mass is 10.0. The van der Waals surface area contributed by atoms with Crippen LogP contribution in [0.2, 0.25) is 0 Å². The van der Waals surface area contributed by atoms with Crippen LogP contribution in [0.3, 0.4) is 0 Å². The lowest BCUT2D eigenvalue weighted by Gasteiger charge is -2.25. The van der Waals surface area contributed by atoms with Gasteiger partial charge in [-0.15, -0.1) is 0 Å². The minimum Gasteiger partial charge on any atom is -0.474 e. The normalized spacial score (nSPS) is 13.0. The highest BCUT2D eigenvalue weighted by atomic mass is 16.7. The Morgan fingerprint density at radius 2 is 1.76 bits per heavy atom. The number of hydrogen-bond donors (Lipinski definition) is 2. The highest BCUT2D eigenvalue weighted by Gasteiger charge is 2.65. The van der Waals surface area contributed by atoms with E-state index in [0.717, 1.165) is 12.1 Å². The molecule has 3 N–H and O–H groups in total. The summed E-state index contributed by atoms with van der Waals surface area (Å²) in [7, 11) is 0. The van der Waals surface area contributed by atoms with Crippen LogP contribution in [-0.2, 0) is 9.59 Å². The first-order chi connectivity index (χ1) is 9.73. The Morgan fingerprint density at radius 3 is 2.10 bits per heavy atom. The Morgan fingerprint density at radius 1 is 1.24 bits per heavy atom. The van der Waals surface area contributed by atoms with E-state index in [9.17, 15) is 29.8 Å². The molecule has 0 unspecified atom stereocenters. The van der Waals surface area contributed by atoms with E-state index in [1.54, 1.807) is 0 Å². The molecule has 0 aliphatic heterocycles. The van der Waals surface area contributed by atoms with E-state index < -0.39 is 33.9 Å². The van der Waals surface area contributed by atoms with Crippen LogP contribution >= 0.6 is 0 Å². The number of nitrogens with zero attached hydrogens (tertiary/aromatic N) is 3. The molecule has 0 spiro atoms. The van der Waals surface area contributed by atoms with Gasteiger partial charge in [0.2, 0.25) is 5.91 Å². The van der Waals surface area contributed by atoms with Gasteiger partial charge in [0.25, 0.3) is 0 Å². The van der Waals surface area contributed by atoms with Gasteiger partial charge in [0.05, 0.1) is 4.92 Å². The van der Waals surface area contributed by atoms with Gasteiger partial charge in [-0.05, 0) is 17.1 Å². The van der Waals surface area contributed by atoms with Crippen molar-refractivity contribution in [2.45, 2.75) is 12.1 Å². The van der Waals surface area contributed by atoms with Crippen molar-refractivity contribution in [1.82, 2.24) is 0 Å². The molecule has 0 saturated heterocycles. The number of benzene rings is 1. The second kappa shape index (κ2) is 5.81. The molecule has 0 saturated carbocycles. The second-order valence-electron chi connectivity index (χ2n) is 3.91. The fourth-order valence-electron chi connectivity index (χ4n) is 1.72. The molecule has 1 rings (SSSR count). The number of nitro groups is 2. The van der Waals surface area contributed by atoms with E-state index in [4.69, 9.17) is 10.8 Å². The van der Waals surface area contributed by atoms with E-state index in [1.807, 2.05) is 0 Å². The standard InChI is InChI=1S/C10H10N4O7/c11-8(15)6-10(9(16)17,13(18)19)12(14(20)21)7-4-2-1-3-5-7/h1-5H,6H2,(H2,11,15)(H,16,17)/t10-/m1/s1. The Hall–Kier alpha value is -3.24. The van der Waals surface area contributed by atoms with Crippen molar-refractivity contribution in [3.63, 3.8) is 0 Å². The average molecular weight is 298 g/mol. The number of aliphatic carboxylic acids is 1. The molecule has 1 amide bonds. The van der Waals surface area contributed by atoms with Crippen LogP contribution < -0.4 is 10.7 Å². The number of carboxylic acids is 1. The molecule has 0 aromatic heterocycles. The number of nitrogens with two attached hydrogens (primary N) is 1. The minimum absolute atomic E-state index is 0.194. The fraction of sp³-hybridized carbons (Fsp3) is 0.200. The van der Waals surface area contributed by atoms with Gasteiger partial charge in [0.15, 0.2) is 5.03 Å². The first-order valence-corrected chi connectivity index (χ1v) is 5.39. The Labute approximate surface area is 116 Å². The molecular formula is C10H10N4O7. The summed E-state index contributed by atoms with van der Waals surface area (Å²) in [5.74, 6) is -3.54. The molecule has 0 heterocycles. The number of carbonyl (C=O) groups is 2. The number of hydrogen-bond acceptors (Lipinski definition) is 6. The third-order valence-corrected chi connectivity index (χ3v) is 2.58. The molecule has 0 aliphatic rings. The zero-order chi connectivity index (χ0) is 16.2. The predicted octanol–water partition coefficient (Wildman–Crippen LogP) is -0.382. The zero-order valence-corrected chi connectivity index (χ0v) is 10.4. The summed E-state index contributed by atoms with van der Waals surface area (Å²) in [6, 6.07) is 6.32. The Balaban J connectivity index is 3.59. The van der Waals surface area contributed by atoms with Crippen LogP contribution in [0.25, 0.3) is 0 Å². The predicted molar refractivity (Wildman–Crippen MR) is 67.1 cm³/mol. The van der Waals surface area contributed by atoms with Gasteiger partial charge in [0.1, 0.15) is 12.1 Å². The lowest BCUT2D eigenvalue weighted by molar-refractivity contribution is -0.623. The number of para-hydroxylation sites is 1. The van der Waals surface area contributed by atoms with Gasteiger partial charge in [-0.1, -0.05) is 18.2 Å². The summed E-state index contributed by atoms with van der Waals surface area (Å²) >= 11 is 0. The van der Waals surface area contributed by atoms with E-state index in [2.05, 4.69) is 0 Å². The Kier molecular flexibility index (Phi) is 4.38. The van der Waals surface area contributed by atoms with Crippen molar-refractivity contribution < 1.29 is 24.7 Å². The van der Waals surface area contributed by atoms with E-state index in [0.29, 0.717) is 0 Å². The van der Waals surface area contributed by atoms with Crippen molar-refractivity contribution in [1.29, 1.82) is 0 Å². The Bertz CT molecular complexity index is 574. The first-order valence-electron chi connectivity index (χ1n) is 5.39. The molecule has 1 aromatic carbocycles. The third-order valence-electron chi connectivity index (χ3n) is 2.58. The molecule has 0 bridgehead atoms. The van der Waals surface area contributed by atoms with Crippen LogP contribution in [0.4, 0.5) is 5.69 Å². The average Bonchev–Trinajstić information content (AvgIpc) is 2.37. The summed E-state index contributed by atoms with van der Waals surface area (Å²) in [4.78, 5) is 43.2. The number of anilines is 1. The van der Waals surface area contributed by atoms with Gasteiger partial charge in [-0.2, -0.15) is 0 Å². The maximum atomic E-state index is 11.3. The molecule has 1 atom stereocenters. The van der Waals surface area contributed by atoms with E-state index in [-0.39, 0.29) is 10.7 Å². The van der Waals surface area contributed by atoms with Gasteiger partial charge in [-0.25, -0.2) is 14.9 Å². The summed E-state index contributed by atoms with van der Waals surface area (Å²) in [5.41, 5.74) is 1.11. The number of rotatable bonds is 7. The number of carboxylic acid groups (broad SMARTS) is 1. The largest absolute Gasteiger partial charge is 0.474 e. The second-order valence-corrected chi connectivity index (χ2v) is 3.91. The molecule has 112 valence electrons. The summed E-state index contributed by atoms with van der Waals surface area (Å²) in [6.07, 6.45) is -1.37. The summed E-state index contributed by atoms with van der Waals surface area (Å²) in [6.45, 7) is 0. The topological polar surface area (TPSA) is 170 Å². The van der Waals surface area contributed by atoms with Crippen molar-refractivity contribution in [2.24, 2.45) is 5.73 Å². The van der Waals surface area contributed by atoms with Gasteiger partial charge in [-0.3, -0.25) is 14.9 Å². The van der Waals surface area contributed by atoms with Crippen molar-refractivity contribution in [3.8, 4) is 0 Å². The highest BCUT2D eigenvalue weighted by Crippen LogP contribution is 2.28. The van der Waals surface area contributed by atoms with Crippen LogP contribution in [0, 0.1) is 20.2 Å². The summed E-state index contributed by atoms with van der Waals surface area (Å²) in [5, 5.41) is 30.0. The number of carbonyl (C=O) groups excluding carboxylic acids is 1. The zero-order valence-electron chi connectivity index (χ0n) is 10.4. The van der Waals surface area contributed by atoms with E-state index >= 15 is 0 Å². The summed E-state index contributed by atoms with van der Waals surface area (Å²) < 4.78 is 0. The fourth-order valence-corrected chi connectivity index (χ4v) is 1.72. The molecule has 0 fully saturated rings.